The summed E-state index contributed by atoms with van der Waals surface area (Å²) in [6, 6.07) is 9.20. The number of hydrogen-bond donors (Lipinski definition) is 1. The molecule has 3 aromatic heterocycles. The Labute approximate surface area is 162 Å². The van der Waals surface area contributed by atoms with Gasteiger partial charge in [0.2, 0.25) is 11.7 Å². The number of nitrogens with zero attached hydrogens (tertiary/aromatic N) is 4. The molecule has 0 aromatic carbocycles. The fraction of sp³-hybridized carbons (Fsp3) is 0.400. The van der Waals surface area contributed by atoms with Crippen molar-refractivity contribution in [3.05, 3.63) is 53.9 Å². The molecule has 1 N–H and O–H groups in total. The Balaban J connectivity index is 1.34. The van der Waals surface area contributed by atoms with Crippen LogP contribution in [0, 0.1) is 0 Å². The minimum atomic E-state index is -0.310. The Kier molecular flexibility index (Phi) is 5.48. The predicted molar refractivity (Wildman–Crippen MR) is 101 cm³/mol. The minimum absolute atomic E-state index is 0.121. The van der Waals surface area contributed by atoms with Crippen LogP contribution < -0.4 is 5.32 Å². The van der Waals surface area contributed by atoms with Gasteiger partial charge < -0.3 is 14.3 Å². The van der Waals surface area contributed by atoms with Crippen LogP contribution in [0.1, 0.15) is 54.4 Å². The van der Waals surface area contributed by atoms with Crippen LogP contribution in [-0.4, -0.2) is 39.0 Å². The van der Waals surface area contributed by atoms with Crippen molar-refractivity contribution in [2.24, 2.45) is 0 Å². The van der Waals surface area contributed by atoms with E-state index in [0.717, 1.165) is 18.8 Å². The van der Waals surface area contributed by atoms with E-state index in [-0.39, 0.29) is 24.3 Å². The number of aromatic nitrogens is 3. The maximum Gasteiger partial charge on any atom is 0.287 e. The number of hydrogen-bond acceptors (Lipinski definition) is 7. The molecule has 0 bridgehead atoms. The molecule has 28 heavy (non-hydrogen) atoms. The summed E-state index contributed by atoms with van der Waals surface area (Å²) < 4.78 is 11.0. The highest BCUT2D eigenvalue weighted by atomic mass is 16.5. The zero-order valence-electron chi connectivity index (χ0n) is 15.8. The third-order valence-corrected chi connectivity index (χ3v) is 4.96. The van der Waals surface area contributed by atoms with Crippen LogP contribution in [0.15, 0.2) is 45.5 Å². The van der Waals surface area contributed by atoms with Crippen molar-refractivity contribution in [2.45, 2.75) is 38.8 Å². The van der Waals surface area contributed by atoms with Gasteiger partial charge in [0.05, 0.1) is 12.6 Å². The zero-order chi connectivity index (χ0) is 19.3. The first-order chi connectivity index (χ1) is 13.7. The number of carbonyl (C=O) groups excluding carboxylic acids is 1. The molecule has 1 saturated heterocycles. The van der Waals surface area contributed by atoms with Crippen molar-refractivity contribution in [2.75, 3.05) is 13.1 Å². The summed E-state index contributed by atoms with van der Waals surface area (Å²) >= 11 is 0. The van der Waals surface area contributed by atoms with Gasteiger partial charge in [-0.05, 0) is 57.1 Å². The second kappa shape index (κ2) is 8.35. The Morgan fingerprint density at radius 2 is 2.07 bits per heavy atom. The van der Waals surface area contributed by atoms with Crippen molar-refractivity contribution in [1.82, 2.24) is 25.3 Å². The van der Waals surface area contributed by atoms with Crippen molar-refractivity contribution in [1.29, 1.82) is 0 Å². The molecule has 1 aliphatic rings. The van der Waals surface area contributed by atoms with Crippen LogP contribution in [0.3, 0.4) is 0 Å². The SMILES string of the molecule is C[C@H](c1ccc(C(=O)NCc2nc(-c3ccccn3)no2)o1)N1CCCCC1. The fourth-order valence-electron chi connectivity index (χ4n) is 3.35. The molecule has 1 aliphatic heterocycles. The van der Waals surface area contributed by atoms with Gasteiger partial charge in [-0.25, -0.2) is 0 Å². The quantitative estimate of drug-likeness (QED) is 0.700. The van der Waals surface area contributed by atoms with Gasteiger partial charge in [-0.15, -0.1) is 0 Å². The summed E-state index contributed by atoms with van der Waals surface area (Å²) in [5.74, 6) is 1.48. The number of likely N-dealkylation sites (tertiary alicyclic amines) is 1. The lowest BCUT2D eigenvalue weighted by molar-refractivity contribution is 0.0909. The van der Waals surface area contributed by atoms with Crippen LogP contribution in [0.2, 0.25) is 0 Å². The minimum Gasteiger partial charge on any atom is -0.454 e. The lowest BCUT2D eigenvalue weighted by atomic mass is 10.1. The number of piperidine rings is 1. The monoisotopic (exact) mass is 381 g/mol. The standard InChI is InChI=1S/C20H23N5O3/c1-14(25-11-5-2-6-12-25)16-8-9-17(27-16)20(26)22-13-18-23-19(24-28-18)15-7-3-4-10-21-15/h3-4,7-10,14H,2,5-6,11-13H2,1H3,(H,22,26)/t14-/m1/s1. The molecule has 0 radical (unpaired) electrons. The van der Waals surface area contributed by atoms with Gasteiger partial charge in [-0.2, -0.15) is 4.98 Å². The zero-order valence-corrected chi connectivity index (χ0v) is 15.8. The molecule has 4 heterocycles. The molecule has 0 aliphatic carbocycles. The van der Waals surface area contributed by atoms with Gasteiger partial charge in [0.15, 0.2) is 5.76 Å². The molecule has 0 spiro atoms. The Morgan fingerprint density at radius 3 is 2.86 bits per heavy atom. The fourth-order valence-corrected chi connectivity index (χ4v) is 3.35. The maximum absolute atomic E-state index is 12.4. The average molecular weight is 381 g/mol. The summed E-state index contributed by atoms with van der Waals surface area (Å²) in [6.45, 7) is 4.37. The molecule has 3 aromatic rings. The first-order valence-corrected chi connectivity index (χ1v) is 9.56. The molecule has 1 fully saturated rings. The summed E-state index contributed by atoms with van der Waals surface area (Å²) in [7, 11) is 0. The predicted octanol–water partition coefficient (Wildman–Crippen LogP) is 3.20. The molecule has 8 heteroatoms. The highest BCUT2D eigenvalue weighted by molar-refractivity contribution is 5.91. The highest BCUT2D eigenvalue weighted by Gasteiger charge is 2.22. The summed E-state index contributed by atoms with van der Waals surface area (Å²) in [5.41, 5.74) is 0.617. The van der Waals surface area contributed by atoms with Crippen LogP contribution >= 0.6 is 0 Å². The number of amides is 1. The molecule has 8 nitrogen and oxygen atoms in total. The molecule has 0 saturated carbocycles. The number of pyridine rings is 1. The van der Waals surface area contributed by atoms with Crippen molar-refractivity contribution < 1.29 is 13.7 Å². The smallest absolute Gasteiger partial charge is 0.287 e. The van der Waals surface area contributed by atoms with E-state index in [1.807, 2.05) is 18.2 Å². The molecular weight excluding hydrogens is 358 g/mol. The molecular formula is C20H23N5O3. The first-order valence-electron chi connectivity index (χ1n) is 9.56. The molecule has 146 valence electrons. The summed E-state index contributed by atoms with van der Waals surface area (Å²) in [5, 5.41) is 6.64. The third kappa shape index (κ3) is 4.12. The van der Waals surface area contributed by atoms with Crippen LogP contribution in [0.4, 0.5) is 0 Å². The molecule has 1 atom stereocenters. The number of furan rings is 1. The van der Waals surface area contributed by atoms with Gasteiger partial charge in [-0.3, -0.25) is 14.7 Å². The second-order valence-corrected chi connectivity index (χ2v) is 6.88. The molecule has 4 rings (SSSR count). The van der Waals surface area contributed by atoms with E-state index in [2.05, 4.69) is 32.3 Å². The summed E-state index contributed by atoms with van der Waals surface area (Å²) in [6.07, 6.45) is 5.37. The van der Waals surface area contributed by atoms with Crippen molar-refractivity contribution >= 4 is 5.91 Å². The van der Waals surface area contributed by atoms with E-state index in [9.17, 15) is 4.79 Å². The highest BCUT2D eigenvalue weighted by Crippen LogP contribution is 2.25. The van der Waals surface area contributed by atoms with E-state index in [4.69, 9.17) is 8.94 Å². The van der Waals surface area contributed by atoms with Gasteiger partial charge in [0.1, 0.15) is 11.5 Å². The van der Waals surface area contributed by atoms with E-state index in [1.54, 1.807) is 18.3 Å². The lowest BCUT2D eigenvalue weighted by Gasteiger charge is -2.31. The normalized spacial score (nSPS) is 16.0. The van der Waals surface area contributed by atoms with E-state index < -0.39 is 0 Å². The molecule has 1 amide bonds. The van der Waals surface area contributed by atoms with E-state index >= 15 is 0 Å². The van der Waals surface area contributed by atoms with Gasteiger partial charge in [-0.1, -0.05) is 17.6 Å². The largest absolute Gasteiger partial charge is 0.454 e. The van der Waals surface area contributed by atoms with Crippen LogP contribution in [0.5, 0.6) is 0 Å². The van der Waals surface area contributed by atoms with Gasteiger partial charge in [0.25, 0.3) is 5.91 Å². The van der Waals surface area contributed by atoms with Crippen LogP contribution in [0.25, 0.3) is 11.5 Å². The number of carbonyl (C=O) groups is 1. The second-order valence-electron chi connectivity index (χ2n) is 6.88. The van der Waals surface area contributed by atoms with Crippen LogP contribution in [-0.2, 0) is 6.54 Å². The van der Waals surface area contributed by atoms with E-state index in [0.29, 0.717) is 17.4 Å². The van der Waals surface area contributed by atoms with Gasteiger partial charge in [0, 0.05) is 6.20 Å². The van der Waals surface area contributed by atoms with Crippen molar-refractivity contribution in [3.8, 4) is 11.5 Å². The number of rotatable bonds is 6. The maximum atomic E-state index is 12.4. The first kappa shape index (κ1) is 18.4. The Hall–Kier alpha value is -3.00. The molecule has 0 unspecified atom stereocenters. The Morgan fingerprint density at radius 1 is 1.21 bits per heavy atom. The topological polar surface area (TPSA) is 97.3 Å². The third-order valence-electron chi connectivity index (χ3n) is 4.96. The van der Waals surface area contributed by atoms with Crippen molar-refractivity contribution in [3.63, 3.8) is 0 Å². The summed E-state index contributed by atoms with van der Waals surface area (Å²) in [4.78, 5) is 23.2. The Bertz CT molecular complexity index is 915. The lowest BCUT2D eigenvalue weighted by Crippen LogP contribution is -2.32. The number of nitrogens with one attached hydrogen (secondary N) is 1. The van der Waals surface area contributed by atoms with Gasteiger partial charge >= 0.3 is 0 Å². The average Bonchev–Trinajstić information content (AvgIpc) is 3.43. The van der Waals surface area contributed by atoms with E-state index in [1.165, 1.54) is 19.3 Å².